The number of imidazole rings is 1. The van der Waals surface area contributed by atoms with Gasteiger partial charge in [0.1, 0.15) is 23.0 Å². The summed E-state index contributed by atoms with van der Waals surface area (Å²) in [6.07, 6.45) is 13.0. The van der Waals surface area contributed by atoms with Crippen molar-refractivity contribution in [1.29, 1.82) is 0 Å². The van der Waals surface area contributed by atoms with E-state index < -0.39 is 29.1 Å². The molecule has 5 fully saturated rings. The van der Waals surface area contributed by atoms with E-state index in [9.17, 15) is 42.1 Å². The zero-order valence-corrected chi connectivity index (χ0v) is 78.2. The van der Waals surface area contributed by atoms with E-state index in [4.69, 9.17) is 61.1 Å². The molecule has 0 radical (unpaired) electrons. The maximum atomic E-state index is 14.3. The lowest BCUT2D eigenvalue weighted by Crippen LogP contribution is -2.37. The van der Waals surface area contributed by atoms with Gasteiger partial charge in [-0.05, 0) is 102 Å². The topological polar surface area (TPSA) is 429 Å². The van der Waals surface area contributed by atoms with Crippen LogP contribution in [0.4, 0.5) is 80.8 Å². The molecule has 5 aliphatic heterocycles. The van der Waals surface area contributed by atoms with Crippen LogP contribution in [0.5, 0.6) is 34.5 Å². The fraction of sp³-hybridized carbons (Fsp3) is 0.297. The molecule has 0 amide bonds. The van der Waals surface area contributed by atoms with Gasteiger partial charge in [0.05, 0.1) is 165 Å². The molecule has 47 heteroatoms. The largest absolute Gasteiger partial charge is 0.507 e. The number of hydrazone groups is 5. The number of hydrogen-bond donors (Lipinski definition) is 8. The van der Waals surface area contributed by atoms with Gasteiger partial charge < -0.3 is 77.7 Å². The van der Waals surface area contributed by atoms with Crippen LogP contribution in [0, 0.1) is 29.1 Å². The van der Waals surface area contributed by atoms with E-state index in [1.807, 2.05) is 107 Å². The van der Waals surface area contributed by atoms with Crippen molar-refractivity contribution in [2.75, 3.05) is 203 Å². The summed E-state index contributed by atoms with van der Waals surface area (Å²) in [4.78, 5) is 61.6. The SMILES string of the molecule is CCOc1ccc2ccc(OCC)c(/C=N/Nc3ncc(F)c(N4CCOCC4)n3)c2c1.COc1cc(Br)cc(/C=N/Nc2ncc(F)c(N3CCOCC3)n2)c1O.Cn1c(=O)n(C)c2cc(/C=N\Nc3ncc(F)c(N4CCOCC4)n3)ccc21.Oc1c(Cl)cc(Cl)cc1/C=N/Nc1ncc(F)c(N2CCOCC2)n1.Oc1ccc2ccccc2c1/C=N/Nc1ncc(F)c(N2CCOCC2)n1. The van der Waals surface area contributed by atoms with Gasteiger partial charge in [-0.15, -0.1) is 0 Å². The molecule has 5 aliphatic rings. The third kappa shape index (κ3) is 26.1. The summed E-state index contributed by atoms with van der Waals surface area (Å²) in [5.74, 6) is 1.17. The van der Waals surface area contributed by atoms with Crippen molar-refractivity contribution in [2.45, 2.75) is 13.8 Å². The Labute approximate surface area is 804 Å². The number of fused-ring (bicyclic) bond motifs is 3. The number of aromatic hydroxyl groups is 3. The molecule has 39 nitrogen and oxygen atoms in total. The van der Waals surface area contributed by atoms with Crippen LogP contribution in [0.1, 0.15) is 41.7 Å². The van der Waals surface area contributed by atoms with Gasteiger partial charge in [-0.25, -0.2) is 78.8 Å². The molecule has 13 aromatic rings. The number of phenolic OH excluding ortho intramolecular Hbond substituents is 3. The Hall–Kier alpha value is -14.6. The second kappa shape index (κ2) is 48.7. The summed E-state index contributed by atoms with van der Waals surface area (Å²) < 4.78 is 117. The standard InChI is InChI=1S/C23H26FN5O3.C19H18FN5O2.C18H20FN7O2.C16H17BrFN5O3.C15H14Cl2FN5O2/c1-3-31-17-7-5-16-6-8-21(32-4-2)19(18(16)13-17)14-26-28-23-25-15-20(24)22(27-23)29-9-11-30-12-10-29;20-16-12-21-19(23-18(16)25-7-9-27-10-8-25)24-22-11-15-14-4-2-1-3-13(14)5-6-17(15)26;1-24-14-4-3-12(9-15(14)25(2)18(24)27)10-21-23-17-20-11-13(19)16(22-17)26-5-7-28-8-6-26;1-25-13-7-11(17)6-10(14(13)24)8-20-22-16-19-9-12(18)15(21-16)23-2-4-26-5-3-23;16-10-5-9(13(24)11(17)6-10)7-20-22-15-19-8-12(18)14(21-15)23-1-3-25-4-2-23/h5-8,13-15H,3-4,9-12H2,1-2H3,(H,25,27,28);1-6,11-12,26H,7-10H2,(H,21,23,24);3-4,9-11H,5-8H2,1-2H3,(H,20,22,23);6-9,24H,2-5H2,1H3,(H,19,21,22);5-8,24H,1-4H2,(H,19,21,22)/b26-14+;22-11+;21-10-;20-8+;20-7+. The molecule has 7 aromatic carbocycles. The number of phenols is 3. The molecule has 0 atom stereocenters. The van der Waals surface area contributed by atoms with Crippen molar-refractivity contribution < 1.29 is 75.2 Å². The van der Waals surface area contributed by atoms with Gasteiger partial charge in [0.2, 0.25) is 29.7 Å². The summed E-state index contributed by atoms with van der Waals surface area (Å²) in [6.45, 7) is 15.9. The number of benzene rings is 7. The van der Waals surface area contributed by atoms with Crippen molar-refractivity contribution >= 4 is 162 Å². The fourth-order valence-electron chi connectivity index (χ4n) is 14.4. The summed E-state index contributed by atoms with van der Waals surface area (Å²) in [7, 11) is 4.92. The highest BCUT2D eigenvalue weighted by molar-refractivity contribution is 9.10. The number of anilines is 10. The maximum Gasteiger partial charge on any atom is 0.328 e. The van der Waals surface area contributed by atoms with E-state index >= 15 is 0 Å². The number of ether oxygens (including phenoxy) is 8. The van der Waals surface area contributed by atoms with Gasteiger partial charge in [-0.2, -0.15) is 50.4 Å². The van der Waals surface area contributed by atoms with Crippen LogP contribution < -0.4 is 71.5 Å². The van der Waals surface area contributed by atoms with Crippen molar-refractivity contribution in [1.82, 2.24) is 59.0 Å². The number of hydrogen-bond acceptors (Lipinski definition) is 37. The highest BCUT2D eigenvalue weighted by Gasteiger charge is 2.25. The zero-order chi connectivity index (χ0) is 97.0. The molecule has 0 unspecified atom stereocenters. The Balaban J connectivity index is 0.000000138. The Bertz CT molecular complexity index is 6610. The van der Waals surface area contributed by atoms with E-state index in [0.29, 0.717) is 178 Å². The normalized spacial score (nSPS) is 14.7. The van der Waals surface area contributed by atoms with Gasteiger partial charge in [0, 0.05) is 111 Å². The number of halogens is 8. The van der Waals surface area contributed by atoms with Crippen molar-refractivity contribution in [3.8, 4) is 34.5 Å². The minimum atomic E-state index is -0.518. The molecular formula is C91H95BrCl2F5N27O12. The van der Waals surface area contributed by atoms with E-state index in [-0.39, 0.29) is 86.8 Å². The first-order valence-electron chi connectivity index (χ1n) is 43.2. The van der Waals surface area contributed by atoms with E-state index in [1.165, 1.54) is 37.9 Å². The lowest BCUT2D eigenvalue weighted by Gasteiger charge is -2.27. The minimum absolute atomic E-state index is 0.0460. The number of aryl methyl sites for hydroxylation is 2. The predicted octanol–water partition coefficient (Wildman–Crippen LogP) is 13.0. The van der Waals surface area contributed by atoms with Gasteiger partial charge in [-0.1, -0.05) is 87.7 Å². The van der Waals surface area contributed by atoms with Gasteiger partial charge in [-0.3, -0.25) is 9.13 Å². The van der Waals surface area contributed by atoms with Gasteiger partial charge in [0.15, 0.2) is 69.7 Å². The first-order chi connectivity index (χ1) is 67.1. The third-order valence-electron chi connectivity index (χ3n) is 21.2. The first kappa shape index (κ1) is 99.4. The Morgan fingerprint density at radius 1 is 0.428 bits per heavy atom. The molecule has 0 bridgehead atoms. The third-order valence-corrected chi connectivity index (χ3v) is 22.2. The summed E-state index contributed by atoms with van der Waals surface area (Å²) in [5.41, 5.74) is 18.0. The highest BCUT2D eigenvalue weighted by Crippen LogP contribution is 2.36. The number of nitrogens with zero attached hydrogens (tertiary/aromatic N) is 22. The molecular weight excluding hydrogens is 1910 g/mol. The van der Waals surface area contributed by atoms with E-state index in [1.54, 1.807) is 63.7 Å². The van der Waals surface area contributed by atoms with Crippen molar-refractivity contribution in [3.05, 3.63) is 222 Å². The van der Waals surface area contributed by atoms with Crippen LogP contribution in [-0.4, -0.2) is 257 Å². The lowest BCUT2D eigenvalue weighted by atomic mass is 10.0. The fourth-order valence-corrected chi connectivity index (χ4v) is 15.3. The highest BCUT2D eigenvalue weighted by atomic mass is 79.9. The summed E-state index contributed by atoms with van der Waals surface area (Å²) in [5, 5.41) is 54.9. The van der Waals surface area contributed by atoms with Crippen LogP contribution in [0.25, 0.3) is 32.6 Å². The minimum Gasteiger partial charge on any atom is -0.507 e. The lowest BCUT2D eigenvalue weighted by molar-refractivity contribution is 0.122. The molecule has 138 heavy (non-hydrogen) atoms. The second-order valence-corrected chi connectivity index (χ2v) is 31.9. The molecule has 11 heterocycles. The quantitative estimate of drug-likeness (QED) is 0.0150. The van der Waals surface area contributed by atoms with Crippen LogP contribution >= 0.6 is 39.1 Å². The smallest absolute Gasteiger partial charge is 0.328 e. The molecule has 0 aliphatic carbocycles. The van der Waals surface area contributed by atoms with E-state index in [2.05, 4.69) is 118 Å². The van der Waals surface area contributed by atoms with Crippen LogP contribution in [0.15, 0.2) is 175 Å². The van der Waals surface area contributed by atoms with E-state index in [0.717, 1.165) is 84.9 Å². The van der Waals surface area contributed by atoms with Crippen molar-refractivity contribution in [2.24, 2.45) is 39.6 Å². The molecule has 8 N–H and O–H groups in total. The molecule has 0 saturated carbocycles. The summed E-state index contributed by atoms with van der Waals surface area (Å²) >= 11 is 15.1. The monoisotopic (exact) mass is 2000 g/mol. The number of aromatic nitrogens is 12. The predicted molar refractivity (Wildman–Crippen MR) is 522 cm³/mol. The number of nitrogens with one attached hydrogen (secondary N) is 5. The Morgan fingerprint density at radius 3 is 1.26 bits per heavy atom. The molecule has 722 valence electrons. The second-order valence-electron chi connectivity index (χ2n) is 30.1. The van der Waals surface area contributed by atoms with Crippen molar-refractivity contribution in [3.63, 3.8) is 0 Å². The number of morpholine rings is 5. The van der Waals surface area contributed by atoms with Gasteiger partial charge in [0.25, 0.3) is 0 Å². The maximum absolute atomic E-state index is 14.3. The Kier molecular flexibility index (Phi) is 35.1. The molecule has 5 saturated heterocycles. The first-order valence-corrected chi connectivity index (χ1v) is 44.8. The number of methoxy groups -OCH3 is 1. The average molecular weight is 2000 g/mol. The Morgan fingerprint density at radius 2 is 0.819 bits per heavy atom. The van der Waals surface area contributed by atoms with Crippen LogP contribution in [0.2, 0.25) is 10.0 Å². The van der Waals surface area contributed by atoms with Gasteiger partial charge >= 0.3 is 5.69 Å². The average Bonchev–Trinajstić information content (AvgIpc) is 1.63. The molecule has 0 spiro atoms. The molecule has 18 rings (SSSR count). The zero-order valence-electron chi connectivity index (χ0n) is 75.1. The number of rotatable bonds is 25. The summed E-state index contributed by atoms with van der Waals surface area (Å²) in [6, 6.07) is 32.8. The molecule has 6 aromatic heterocycles. The van der Waals surface area contributed by atoms with Crippen LogP contribution in [0.3, 0.4) is 0 Å². The van der Waals surface area contributed by atoms with Crippen LogP contribution in [-0.2, 0) is 37.8 Å².